The van der Waals surface area contributed by atoms with Gasteiger partial charge in [-0.2, -0.15) is 0 Å². The number of carbonyl (C=O) groups excluding carboxylic acids is 2. The third-order valence-corrected chi connectivity index (χ3v) is 6.20. The topological polar surface area (TPSA) is 64.3 Å². The molecular weight excluding hydrogens is 390 g/mol. The number of ketones is 1. The van der Waals surface area contributed by atoms with Crippen LogP contribution in [0, 0.1) is 5.92 Å². The quantitative estimate of drug-likeness (QED) is 0.548. The van der Waals surface area contributed by atoms with Crippen LogP contribution in [0.2, 0.25) is 0 Å². The van der Waals surface area contributed by atoms with Crippen molar-refractivity contribution in [1.82, 2.24) is 14.0 Å². The van der Waals surface area contributed by atoms with Crippen LogP contribution in [0.1, 0.15) is 43.0 Å². The Kier molecular flexibility index (Phi) is 6.35. The summed E-state index contributed by atoms with van der Waals surface area (Å²) in [5.74, 6) is 0.189. The lowest BCUT2D eigenvalue weighted by atomic mass is 9.89. The molecule has 4 rings (SSSR count). The van der Waals surface area contributed by atoms with E-state index in [2.05, 4.69) is 0 Å². The molecule has 0 radical (unpaired) electrons. The SMILES string of the molecule is CCCn1c(=O)n(CCC(=O)N2CCC(C(=O)c3ccccc3)CC2)c2ccccc21. The van der Waals surface area contributed by atoms with Crippen LogP contribution in [0.5, 0.6) is 0 Å². The normalized spacial score (nSPS) is 14.8. The van der Waals surface area contributed by atoms with Crippen molar-refractivity contribution in [2.24, 2.45) is 5.92 Å². The zero-order valence-electron chi connectivity index (χ0n) is 18.0. The van der Waals surface area contributed by atoms with E-state index in [1.165, 1.54) is 0 Å². The van der Waals surface area contributed by atoms with Gasteiger partial charge >= 0.3 is 5.69 Å². The summed E-state index contributed by atoms with van der Waals surface area (Å²) < 4.78 is 3.51. The molecule has 1 fully saturated rings. The van der Waals surface area contributed by atoms with Crippen LogP contribution in [0.15, 0.2) is 59.4 Å². The largest absolute Gasteiger partial charge is 0.343 e. The van der Waals surface area contributed by atoms with Crippen LogP contribution in [0.4, 0.5) is 0 Å². The van der Waals surface area contributed by atoms with Crippen molar-refractivity contribution in [3.63, 3.8) is 0 Å². The maximum Gasteiger partial charge on any atom is 0.329 e. The third-order valence-electron chi connectivity index (χ3n) is 6.20. The summed E-state index contributed by atoms with van der Waals surface area (Å²) in [5, 5.41) is 0. The van der Waals surface area contributed by atoms with Gasteiger partial charge in [0.05, 0.1) is 11.0 Å². The number of rotatable bonds is 7. The molecule has 162 valence electrons. The van der Waals surface area contributed by atoms with Crippen molar-refractivity contribution >= 4 is 22.7 Å². The molecule has 3 aromatic rings. The number of carbonyl (C=O) groups is 2. The van der Waals surface area contributed by atoms with Crippen LogP contribution in [-0.2, 0) is 17.9 Å². The zero-order chi connectivity index (χ0) is 21.8. The molecule has 0 N–H and O–H groups in total. The van der Waals surface area contributed by atoms with Crippen molar-refractivity contribution in [2.45, 2.75) is 45.7 Å². The van der Waals surface area contributed by atoms with E-state index < -0.39 is 0 Å². The van der Waals surface area contributed by atoms with Gasteiger partial charge in [0, 0.05) is 44.1 Å². The van der Waals surface area contributed by atoms with Gasteiger partial charge in [0.25, 0.3) is 0 Å². The molecule has 1 aliphatic rings. The fraction of sp³-hybridized carbons (Fsp3) is 0.400. The fourth-order valence-electron chi connectivity index (χ4n) is 4.52. The van der Waals surface area contributed by atoms with Crippen molar-refractivity contribution in [3.8, 4) is 0 Å². The van der Waals surface area contributed by atoms with Gasteiger partial charge in [0.2, 0.25) is 5.91 Å². The fourth-order valence-corrected chi connectivity index (χ4v) is 4.52. The first-order valence-corrected chi connectivity index (χ1v) is 11.1. The second-order valence-corrected chi connectivity index (χ2v) is 8.21. The van der Waals surface area contributed by atoms with Gasteiger partial charge in [-0.25, -0.2) is 4.79 Å². The van der Waals surface area contributed by atoms with Crippen LogP contribution >= 0.6 is 0 Å². The number of fused-ring (bicyclic) bond motifs is 1. The molecule has 6 nitrogen and oxygen atoms in total. The van der Waals surface area contributed by atoms with Crippen LogP contribution < -0.4 is 5.69 Å². The molecule has 1 saturated heterocycles. The highest BCUT2D eigenvalue weighted by Gasteiger charge is 2.28. The van der Waals surface area contributed by atoms with E-state index in [1.54, 1.807) is 9.13 Å². The number of hydrogen-bond acceptors (Lipinski definition) is 3. The van der Waals surface area contributed by atoms with Crippen LogP contribution in [0.25, 0.3) is 11.0 Å². The average molecular weight is 420 g/mol. The predicted molar refractivity (Wildman–Crippen MR) is 121 cm³/mol. The first-order chi connectivity index (χ1) is 15.1. The number of piperidine rings is 1. The van der Waals surface area contributed by atoms with E-state index in [0.29, 0.717) is 39.0 Å². The Hall–Kier alpha value is -3.15. The lowest BCUT2D eigenvalue weighted by molar-refractivity contribution is -0.132. The average Bonchev–Trinajstić information content (AvgIpc) is 3.09. The Morgan fingerprint density at radius 3 is 2.06 bits per heavy atom. The van der Waals surface area contributed by atoms with Crippen LogP contribution in [0.3, 0.4) is 0 Å². The summed E-state index contributed by atoms with van der Waals surface area (Å²) in [6.45, 7) is 4.28. The zero-order valence-corrected chi connectivity index (χ0v) is 18.0. The lowest BCUT2D eigenvalue weighted by Gasteiger charge is -2.31. The van der Waals surface area contributed by atoms with E-state index in [-0.39, 0.29) is 29.7 Å². The van der Waals surface area contributed by atoms with E-state index in [0.717, 1.165) is 23.0 Å². The minimum Gasteiger partial charge on any atom is -0.343 e. The van der Waals surface area contributed by atoms with Gasteiger partial charge in [-0.3, -0.25) is 18.7 Å². The highest BCUT2D eigenvalue weighted by molar-refractivity contribution is 5.98. The highest BCUT2D eigenvalue weighted by atomic mass is 16.2. The number of amides is 1. The number of likely N-dealkylation sites (tertiary alicyclic amines) is 1. The maximum atomic E-state index is 12.9. The monoisotopic (exact) mass is 419 g/mol. The van der Waals surface area contributed by atoms with Crippen LogP contribution in [-0.4, -0.2) is 38.8 Å². The summed E-state index contributed by atoms with van der Waals surface area (Å²) in [6, 6.07) is 17.1. The molecule has 0 saturated carbocycles. The Labute approximate surface area is 182 Å². The summed E-state index contributed by atoms with van der Waals surface area (Å²) in [5.41, 5.74) is 2.49. The van der Waals surface area contributed by atoms with Crippen molar-refractivity contribution in [2.75, 3.05) is 13.1 Å². The van der Waals surface area contributed by atoms with E-state index >= 15 is 0 Å². The molecule has 2 aromatic carbocycles. The first kappa shape index (κ1) is 21.1. The Morgan fingerprint density at radius 2 is 1.45 bits per heavy atom. The number of para-hydroxylation sites is 2. The Balaban J connectivity index is 1.38. The summed E-state index contributed by atoms with van der Waals surface area (Å²) >= 11 is 0. The molecule has 6 heteroatoms. The number of aromatic nitrogens is 2. The second-order valence-electron chi connectivity index (χ2n) is 8.21. The summed E-state index contributed by atoms with van der Waals surface area (Å²) in [7, 11) is 0. The number of aryl methyl sites for hydroxylation is 2. The van der Waals surface area contributed by atoms with Gasteiger partial charge in [0.15, 0.2) is 5.78 Å². The molecular formula is C25H29N3O3. The lowest BCUT2D eigenvalue weighted by Crippen LogP contribution is -2.40. The van der Waals surface area contributed by atoms with Crippen molar-refractivity contribution in [1.29, 1.82) is 0 Å². The van der Waals surface area contributed by atoms with Gasteiger partial charge in [-0.15, -0.1) is 0 Å². The minimum atomic E-state index is -0.0528. The molecule has 0 aliphatic carbocycles. The van der Waals surface area contributed by atoms with E-state index in [1.807, 2.05) is 66.4 Å². The van der Waals surface area contributed by atoms with E-state index in [4.69, 9.17) is 0 Å². The minimum absolute atomic E-state index is 0.0268. The second kappa shape index (κ2) is 9.33. The van der Waals surface area contributed by atoms with Crippen molar-refractivity contribution < 1.29 is 9.59 Å². The molecule has 0 atom stereocenters. The molecule has 31 heavy (non-hydrogen) atoms. The molecule has 1 aromatic heterocycles. The van der Waals surface area contributed by atoms with Gasteiger partial charge < -0.3 is 4.90 Å². The molecule has 1 amide bonds. The smallest absolute Gasteiger partial charge is 0.329 e. The first-order valence-electron chi connectivity index (χ1n) is 11.1. The molecule has 0 bridgehead atoms. The predicted octanol–water partition coefficient (Wildman–Crippen LogP) is 3.72. The van der Waals surface area contributed by atoms with Gasteiger partial charge in [0.1, 0.15) is 0 Å². The Morgan fingerprint density at radius 1 is 0.871 bits per heavy atom. The number of Topliss-reactive ketones (excluding diaryl/α,β-unsaturated/α-hetero) is 1. The Bertz CT molecular complexity index is 1120. The maximum absolute atomic E-state index is 12.9. The number of benzene rings is 2. The summed E-state index contributed by atoms with van der Waals surface area (Å²) in [4.78, 5) is 40.2. The highest BCUT2D eigenvalue weighted by Crippen LogP contribution is 2.22. The molecule has 1 aliphatic heterocycles. The molecule has 0 spiro atoms. The number of imidazole rings is 1. The third kappa shape index (κ3) is 4.33. The standard InChI is InChI=1S/C25H29N3O3/c1-2-15-27-21-10-6-7-11-22(21)28(25(27)31)18-14-23(29)26-16-12-20(13-17-26)24(30)19-8-4-3-5-9-19/h3-11,20H,2,12-18H2,1H3. The van der Waals surface area contributed by atoms with Gasteiger partial charge in [-0.05, 0) is 31.4 Å². The van der Waals surface area contributed by atoms with Crippen molar-refractivity contribution in [3.05, 3.63) is 70.6 Å². The number of nitrogens with zero attached hydrogens (tertiary/aromatic N) is 3. The van der Waals surface area contributed by atoms with Gasteiger partial charge in [-0.1, -0.05) is 49.4 Å². The summed E-state index contributed by atoms with van der Waals surface area (Å²) in [6.07, 6.45) is 2.55. The number of hydrogen-bond donors (Lipinski definition) is 0. The molecule has 2 heterocycles. The van der Waals surface area contributed by atoms with E-state index in [9.17, 15) is 14.4 Å². The molecule has 0 unspecified atom stereocenters.